The zero-order chi connectivity index (χ0) is 14.1. The molecule has 0 aromatic heterocycles. The maximum atomic E-state index is 11.5. The van der Waals surface area contributed by atoms with Crippen LogP contribution in [0, 0.1) is 0 Å². The zero-order valence-corrected chi connectivity index (χ0v) is 11.2. The van der Waals surface area contributed by atoms with E-state index in [0.717, 1.165) is 17.9 Å². The lowest BCUT2D eigenvalue weighted by molar-refractivity contribution is -0.118. The minimum absolute atomic E-state index is 0.0336. The van der Waals surface area contributed by atoms with Crippen LogP contribution >= 0.6 is 0 Å². The van der Waals surface area contributed by atoms with Gasteiger partial charge in [-0.3, -0.25) is 10.1 Å². The Labute approximate surface area is 112 Å². The van der Waals surface area contributed by atoms with Crippen molar-refractivity contribution in [2.24, 2.45) is 0 Å². The van der Waals surface area contributed by atoms with Crippen LogP contribution in [0.4, 0.5) is 10.5 Å². The van der Waals surface area contributed by atoms with Crippen molar-refractivity contribution in [3.8, 4) is 5.75 Å². The second-order valence-electron chi connectivity index (χ2n) is 3.89. The highest BCUT2D eigenvalue weighted by atomic mass is 16.5. The summed E-state index contributed by atoms with van der Waals surface area (Å²) in [6.07, 6.45) is 0.825. The van der Waals surface area contributed by atoms with E-state index in [1.165, 1.54) is 0 Å². The van der Waals surface area contributed by atoms with Gasteiger partial charge in [0.15, 0.2) is 0 Å². The molecule has 6 nitrogen and oxygen atoms in total. The SMILES string of the molecule is CCCNC(=O)NC(=O)CNc1ccc(OC)cc1. The van der Waals surface area contributed by atoms with Crippen LogP contribution in [0.1, 0.15) is 13.3 Å². The number of amides is 3. The highest BCUT2D eigenvalue weighted by molar-refractivity contribution is 5.96. The first-order chi connectivity index (χ1) is 9.15. The summed E-state index contributed by atoms with van der Waals surface area (Å²) < 4.78 is 5.02. The number of hydrogen-bond acceptors (Lipinski definition) is 4. The van der Waals surface area contributed by atoms with Crippen molar-refractivity contribution in [1.82, 2.24) is 10.6 Å². The van der Waals surface area contributed by atoms with E-state index in [1.54, 1.807) is 31.4 Å². The third-order valence-electron chi connectivity index (χ3n) is 2.33. The van der Waals surface area contributed by atoms with Crippen molar-refractivity contribution in [3.05, 3.63) is 24.3 Å². The first-order valence-corrected chi connectivity index (χ1v) is 6.11. The second-order valence-corrected chi connectivity index (χ2v) is 3.89. The number of carbonyl (C=O) groups excluding carboxylic acids is 2. The molecule has 3 amide bonds. The van der Waals surface area contributed by atoms with Crippen LogP contribution in [0.2, 0.25) is 0 Å². The number of urea groups is 1. The van der Waals surface area contributed by atoms with E-state index < -0.39 is 6.03 Å². The summed E-state index contributed by atoms with van der Waals surface area (Å²) in [6, 6.07) is 6.69. The van der Waals surface area contributed by atoms with Gasteiger partial charge in [-0.15, -0.1) is 0 Å². The summed E-state index contributed by atoms with van der Waals surface area (Å²) in [5.41, 5.74) is 0.782. The minimum Gasteiger partial charge on any atom is -0.497 e. The van der Waals surface area contributed by atoms with Crippen molar-refractivity contribution in [3.63, 3.8) is 0 Å². The summed E-state index contributed by atoms with van der Waals surface area (Å²) in [5, 5.41) is 7.70. The van der Waals surface area contributed by atoms with Crippen molar-refractivity contribution < 1.29 is 14.3 Å². The molecule has 0 heterocycles. The van der Waals surface area contributed by atoms with E-state index in [9.17, 15) is 9.59 Å². The van der Waals surface area contributed by atoms with Crippen molar-refractivity contribution in [2.45, 2.75) is 13.3 Å². The molecule has 0 unspecified atom stereocenters. The molecule has 0 bridgehead atoms. The average Bonchev–Trinajstić information content (AvgIpc) is 2.43. The standard InChI is InChI=1S/C13H19N3O3/c1-3-8-14-13(18)16-12(17)9-15-10-4-6-11(19-2)7-5-10/h4-7,15H,3,8-9H2,1-2H3,(H2,14,16,17,18). The van der Waals surface area contributed by atoms with Gasteiger partial charge in [-0.2, -0.15) is 0 Å². The van der Waals surface area contributed by atoms with Crippen molar-refractivity contribution in [2.75, 3.05) is 25.5 Å². The molecule has 0 spiro atoms. The second kappa shape index (κ2) is 7.97. The summed E-state index contributed by atoms with van der Waals surface area (Å²) >= 11 is 0. The van der Waals surface area contributed by atoms with Gasteiger partial charge in [0.2, 0.25) is 5.91 Å². The van der Waals surface area contributed by atoms with Gasteiger partial charge in [-0.05, 0) is 30.7 Å². The van der Waals surface area contributed by atoms with Gasteiger partial charge in [-0.25, -0.2) is 4.79 Å². The molecule has 0 radical (unpaired) electrons. The van der Waals surface area contributed by atoms with Gasteiger partial charge in [-0.1, -0.05) is 6.92 Å². The number of nitrogens with one attached hydrogen (secondary N) is 3. The topological polar surface area (TPSA) is 79.5 Å². The summed E-state index contributed by atoms with van der Waals surface area (Å²) in [7, 11) is 1.59. The van der Waals surface area contributed by atoms with Crippen LogP contribution in [-0.4, -0.2) is 32.1 Å². The third kappa shape index (κ3) is 5.76. The normalized spacial score (nSPS) is 9.58. The van der Waals surface area contributed by atoms with E-state index >= 15 is 0 Å². The number of anilines is 1. The summed E-state index contributed by atoms with van der Waals surface area (Å²) in [4.78, 5) is 22.7. The third-order valence-corrected chi connectivity index (χ3v) is 2.33. The maximum Gasteiger partial charge on any atom is 0.321 e. The van der Waals surface area contributed by atoms with Gasteiger partial charge in [0.05, 0.1) is 13.7 Å². The predicted molar refractivity (Wildman–Crippen MR) is 73.3 cm³/mol. The van der Waals surface area contributed by atoms with Crippen LogP contribution in [0.3, 0.4) is 0 Å². The zero-order valence-electron chi connectivity index (χ0n) is 11.2. The molecule has 0 atom stereocenters. The molecule has 0 saturated heterocycles. The van der Waals surface area contributed by atoms with Gasteiger partial charge < -0.3 is 15.4 Å². The Bertz CT molecular complexity index is 418. The summed E-state index contributed by atoms with van der Waals surface area (Å²) in [5.74, 6) is 0.360. The van der Waals surface area contributed by atoms with Crippen molar-refractivity contribution in [1.29, 1.82) is 0 Å². The molecule has 19 heavy (non-hydrogen) atoms. The Morgan fingerprint density at radius 1 is 1.21 bits per heavy atom. The highest BCUT2D eigenvalue weighted by Gasteiger charge is 2.06. The first-order valence-electron chi connectivity index (χ1n) is 6.11. The number of rotatable bonds is 6. The first kappa shape index (κ1) is 14.8. The van der Waals surface area contributed by atoms with E-state index in [2.05, 4.69) is 16.0 Å². The van der Waals surface area contributed by atoms with E-state index in [0.29, 0.717) is 6.54 Å². The molecular formula is C13H19N3O3. The molecule has 0 aliphatic carbocycles. The summed E-state index contributed by atoms with van der Waals surface area (Å²) in [6.45, 7) is 2.52. The minimum atomic E-state index is -0.469. The van der Waals surface area contributed by atoms with Gasteiger partial charge in [0, 0.05) is 12.2 Å². The molecule has 6 heteroatoms. The Balaban J connectivity index is 2.31. The quantitative estimate of drug-likeness (QED) is 0.725. The molecule has 1 rings (SSSR count). The highest BCUT2D eigenvalue weighted by Crippen LogP contribution is 2.14. The smallest absolute Gasteiger partial charge is 0.321 e. The number of hydrogen-bond donors (Lipinski definition) is 3. The van der Waals surface area contributed by atoms with Crippen LogP contribution in [-0.2, 0) is 4.79 Å². The van der Waals surface area contributed by atoms with Crippen LogP contribution in [0.15, 0.2) is 24.3 Å². The molecule has 1 aromatic carbocycles. The van der Waals surface area contributed by atoms with Crippen LogP contribution in [0.25, 0.3) is 0 Å². The lowest BCUT2D eigenvalue weighted by Gasteiger charge is -2.08. The largest absolute Gasteiger partial charge is 0.497 e. The Morgan fingerprint density at radius 3 is 2.47 bits per heavy atom. The van der Waals surface area contributed by atoms with E-state index in [-0.39, 0.29) is 12.5 Å². The fraction of sp³-hybridized carbons (Fsp3) is 0.385. The molecule has 0 aliphatic rings. The number of imide groups is 1. The molecule has 0 aliphatic heterocycles. The Morgan fingerprint density at radius 2 is 1.89 bits per heavy atom. The van der Waals surface area contributed by atoms with E-state index in [4.69, 9.17) is 4.74 Å². The lowest BCUT2D eigenvalue weighted by Crippen LogP contribution is -2.42. The monoisotopic (exact) mass is 265 g/mol. The molecule has 3 N–H and O–H groups in total. The lowest BCUT2D eigenvalue weighted by atomic mass is 10.3. The fourth-order valence-corrected chi connectivity index (χ4v) is 1.34. The van der Waals surface area contributed by atoms with Crippen molar-refractivity contribution >= 4 is 17.6 Å². The number of ether oxygens (including phenoxy) is 1. The molecule has 0 fully saturated rings. The Kier molecular flexibility index (Phi) is 6.21. The average molecular weight is 265 g/mol. The molecule has 104 valence electrons. The molecule has 1 aromatic rings. The number of benzene rings is 1. The number of methoxy groups -OCH3 is 1. The molecule has 0 saturated carbocycles. The maximum absolute atomic E-state index is 11.5. The Hall–Kier alpha value is -2.24. The van der Waals surface area contributed by atoms with Gasteiger partial charge in [0.1, 0.15) is 5.75 Å². The van der Waals surface area contributed by atoms with Gasteiger partial charge >= 0.3 is 6.03 Å². The fourth-order valence-electron chi connectivity index (χ4n) is 1.34. The number of carbonyl (C=O) groups is 2. The van der Waals surface area contributed by atoms with E-state index in [1.807, 2.05) is 6.92 Å². The van der Waals surface area contributed by atoms with Crippen LogP contribution in [0.5, 0.6) is 5.75 Å². The van der Waals surface area contributed by atoms with Crippen LogP contribution < -0.4 is 20.7 Å². The molecular weight excluding hydrogens is 246 g/mol. The van der Waals surface area contributed by atoms with Gasteiger partial charge in [0.25, 0.3) is 0 Å². The predicted octanol–water partition coefficient (Wildman–Crippen LogP) is 1.34.